The molecule has 6 nitrogen and oxygen atoms in total. The summed E-state index contributed by atoms with van der Waals surface area (Å²) in [5.41, 5.74) is 0. The van der Waals surface area contributed by atoms with Gasteiger partial charge in [0.1, 0.15) is 5.82 Å². The third-order valence-corrected chi connectivity index (χ3v) is 5.07. The average molecular weight is 436 g/mol. The molecule has 0 spiro atoms. The van der Waals surface area contributed by atoms with E-state index in [-0.39, 0.29) is 24.0 Å². The molecule has 0 radical (unpaired) electrons. The van der Waals surface area contributed by atoms with Crippen LogP contribution >= 0.6 is 35.5 Å². The van der Waals surface area contributed by atoms with Crippen LogP contribution in [0.15, 0.2) is 4.99 Å². The molecule has 1 aliphatic carbocycles. The molecule has 1 aromatic heterocycles. The molecule has 1 aromatic rings. The Morgan fingerprint density at radius 1 is 1.36 bits per heavy atom. The number of piperazine rings is 1. The van der Waals surface area contributed by atoms with Crippen LogP contribution < -0.4 is 10.2 Å². The Bertz CT molecular complexity index is 511. The lowest BCUT2D eigenvalue weighted by Crippen LogP contribution is -2.53. The molecule has 2 unspecified atom stereocenters. The van der Waals surface area contributed by atoms with Gasteiger partial charge in [-0.1, -0.05) is 13.8 Å². The van der Waals surface area contributed by atoms with Crippen LogP contribution in [0, 0.1) is 5.92 Å². The van der Waals surface area contributed by atoms with Crippen LogP contribution in [0.25, 0.3) is 0 Å². The lowest BCUT2D eigenvalue weighted by Gasteiger charge is -2.36. The Kier molecular flexibility index (Phi) is 6.25. The first kappa shape index (κ1) is 17.7. The van der Waals surface area contributed by atoms with Crippen molar-refractivity contribution < 1.29 is 0 Å². The van der Waals surface area contributed by atoms with E-state index in [1.54, 1.807) is 0 Å². The standard InChI is InChI=1S/C14H24N6S.HI/c1-4-12-17-14(21-18-12)20-7-5-19(6-8-20)13(15-3)16-11-9-10(11)2;/h10-11H,4-9H2,1-3H3,(H,15,16);1H. The minimum Gasteiger partial charge on any atom is -0.353 e. The molecule has 0 amide bonds. The van der Waals surface area contributed by atoms with Crippen molar-refractivity contribution in [2.24, 2.45) is 10.9 Å². The van der Waals surface area contributed by atoms with Crippen molar-refractivity contribution in [3.63, 3.8) is 0 Å². The summed E-state index contributed by atoms with van der Waals surface area (Å²) in [7, 11) is 1.88. The van der Waals surface area contributed by atoms with E-state index in [1.807, 2.05) is 7.05 Å². The molecule has 1 N–H and O–H groups in total. The molecule has 1 aliphatic heterocycles. The highest BCUT2D eigenvalue weighted by Gasteiger charge is 2.34. The summed E-state index contributed by atoms with van der Waals surface area (Å²) in [6.45, 7) is 8.32. The van der Waals surface area contributed by atoms with Gasteiger partial charge in [-0.2, -0.15) is 4.37 Å². The maximum atomic E-state index is 4.58. The Labute approximate surface area is 153 Å². The SMILES string of the molecule is CCc1nsc(N2CCN(C(=NC)NC3CC3C)CC2)n1.I. The number of aryl methyl sites for hydroxylation is 1. The number of aromatic nitrogens is 2. The summed E-state index contributed by atoms with van der Waals surface area (Å²) in [6, 6.07) is 0.622. The Balaban J connectivity index is 0.00000176. The quantitative estimate of drug-likeness (QED) is 0.445. The Morgan fingerprint density at radius 2 is 2.05 bits per heavy atom. The van der Waals surface area contributed by atoms with Crippen LogP contribution in [0.2, 0.25) is 0 Å². The molecule has 2 fully saturated rings. The molecule has 3 rings (SSSR count). The van der Waals surface area contributed by atoms with Crippen molar-refractivity contribution in [3.8, 4) is 0 Å². The van der Waals surface area contributed by atoms with Crippen molar-refractivity contribution in [2.45, 2.75) is 32.7 Å². The molecule has 1 saturated carbocycles. The molecule has 1 saturated heterocycles. The molecule has 0 bridgehead atoms. The number of hydrogen-bond donors (Lipinski definition) is 1. The van der Waals surface area contributed by atoms with Gasteiger partial charge >= 0.3 is 0 Å². The highest BCUT2D eigenvalue weighted by atomic mass is 127. The number of nitrogens with one attached hydrogen (secondary N) is 1. The molecule has 2 atom stereocenters. The molecule has 124 valence electrons. The normalized spacial score (nSPS) is 25.0. The molecule has 22 heavy (non-hydrogen) atoms. The van der Waals surface area contributed by atoms with Gasteiger partial charge in [0.2, 0.25) is 5.13 Å². The second-order valence-electron chi connectivity index (χ2n) is 5.83. The zero-order valence-corrected chi connectivity index (χ0v) is 16.6. The molecule has 8 heteroatoms. The van der Waals surface area contributed by atoms with E-state index in [2.05, 4.69) is 43.3 Å². The largest absolute Gasteiger partial charge is 0.353 e. The van der Waals surface area contributed by atoms with E-state index in [0.29, 0.717) is 6.04 Å². The molecule has 2 heterocycles. The zero-order valence-electron chi connectivity index (χ0n) is 13.4. The van der Waals surface area contributed by atoms with Crippen molar-refractivity contribution >= 4 is 46.6 Å². The summed E-state index contributed by atoms with van der Waals surface area (Å²) in [4.78, 5) is 13.7. The van der Waals surface area contributed by atoms with Crippen LogP contribution in [0.3, 0.4) is 0 Å². The highest BCUT2D eigenvalue weighted by molar-refractivity contribution is 14.0. The van der Waals surface area contributed by atoms with Crippen molar-refractivity contribution in [1.29, 1.82) is 0 Å². The summed E-state index contributed by atoms with van der Waals surface area (Å²) in [6.07, 6.45) is 2.18. The van der Waals surface area contributed by atoms with Gasteiger partial charge < -0.3 is 15.1 Å². The van der Waals surface area contributed by atoms with Crippen molar-refractivity contribution in [1.82, 2.24) is 19.6 Å². The number of halogens is 1. The van der Waals surface area contributed by atoms with Gasteiger partial charge in [-0.15, -0.1) is 24.0 Å². The maximum absolute atomic E-state index is 4.58. The second kappa shape index (κ2) is 7.76. The van der Waals surface area contributed by atoms with Crippen LogP contribution in [-0.2, 0) is 6.42 Å². The van der Waals surface area contributed by atoms with Crippen molar-refractivity contribution in [3.05, 3.63) is 5.82 Å². The number of aliphatic imine (C=N–C) groups is 1. The predicted molar refractivity (Wildman–Crippen MR) is 103 cm³/mol. The third-order valence-electron chi connectivity index (χ3n) is 4.26. The van der Waals surface area contributed by atoms with E-state index in [4.69, 9.17) is 0 Å². The van der Waals surface area contributed by atoms with Crippen LogP contribution in [0.4, 0.5) is 5.13 Å². The van der Waals surface area contributed by atoms with Gasteiger partial charge in [-0.25, -0.2) is 4.98 Å². The van der Waals surface area contributed by atoms with Crippen molar-refractivity contribution in [2.75, 3.05) is 38.1 Å². The summed E-state index contributed by atoms with van der Waals surface area (Å²) >= 11 is 1.52. The van der Waals surface area contributed by atoms with E-state index in [0.717, 1.165) is 55.4 Å². The molecular weight excluding hydrogens is 411 g/mol. The topological polar surface area (TPSA) is 56.7 Å². The minimum atomic E-state index is 0. The fraction of sp³-hybridized carbons (Fsp3) is 0.786. The van der Waals surface area contributed by atoms with E-state index in [1.165, 1.54) is 18.0 Å². The summed E-state index contributed by atoms with van der Waals surface area (Å²) < 4.78 is 4.38. The van der Waals surface area contributed by atoms with Gasteiger partial charge in [-0.05, 0) is 12.3 Å². The fourth-order valence-electron chi connectivity index (χ4n) is 2.61. The molecule has 2 aliphatic rings. The predicted octanol–water partition coefficient (Wildman–Crippen LogP) is 1.82. The smallest absolute Gasteiger partial charge is 0.205 e. The zero-order chi connectivity index (χ0) is 14.8. The maximum Gasteiger partial charge on any atom is 0.205 e. The average Bonchev–Trinajstić information content (AvgIpc) is 3.03. The lowest BCUT2D eigenvalue weighted by molar-refractivity contribution is 0.371. The van der Waals surface area contributed by atoms with Gasteiger partial charge in [0.25, 0.3) is 0 Å². The van der Waals surface area contributed by atoms with Crippen LogP contribution in [0.1, 0.15) is 26.1 Å². The number of guanidine groups is 1. The summed E-state index contributed by atoms with van der Waals surface area (Å²) in [5.74, 6) is 2.80. The number of nitrogens with zero attached hydrogens (tertiary/aromatic N) is 5. The molecule has 0 aromatic carbocycles. The fourth-order valence-corrected chi connectivity index (χ4v) is 3.41. The second-order valence-corrected chi connectivity index (χ2v) is 6.56. The van der Waals surface area contributed by atoms with Crippen LogP contribution in [0.5, 0.6) is 0 Å². The van der Waals surface area contributed by atoms with Gasteiger partial charge in [0.15, 0.2) is 5.96 Å². The first-order valence-corrected chi connectivity index (χ1v) is 8.54. The highest BCUT2D eigenvalue weighted by Crippen LogP contribution is 2.29. The number of hydrogen-bond acceptors (Lipinski definition) is 5. The van der Waals surface area contributed by atoms with E-state index in [9.17, 15) is 0 Å². The Hall–Kier alpha value is -0.640. The first-order chi connectivity index (χ1) is 10.2. The number of rotatable bonds is 3. The van der Waals surface area contributed by atoms with Gasteiger partial charge in [-0.3, -0.25) is 4.99 Å². The van der Waals surface area contributed by atoms with E-state index >= 15 is 0 Å². The first-order valence-electron chi connectivity index (χ1n) is 7.77. The van der Waals surface area contributed by atoms with Gasteiger partial charge in [0, 0.05) is 57.2 Å². The minimum absolute atomic E-state index is 0. The Morgan fingerprint density at radius 3 is 2.55 bits per heavy atom. The van der Waals surface area contributed by atoms with Crippen LogP contribution in [-0.4, -0.2) is 59.5 Å². The monoisotopic (exact) mass is 436 g/mol. The van der Waals surface area contributed by atoms with Gasteiger partial charge in [0.05, 0.1) is 0 Å². The number of anilines is 1. The lowest BCUT2D eigenvalue weighted by atomic mass is 10.3. The van der Waals surface area contributed by atoms with E-state index < -0.39 is 0 Å². The summed E-state index contributed by atoms with van der Waals surface area (Å²) in [5, 5.41) is 4.62. The third kappa shape index (κ3) is 4.01. The molecular formula is C14H25IN6S.